The van der Waals surface area contributed by atoms with Crippen molar-refractivity contribution >= 4 is 24.2 Å². The van der Waals surface area contributed by atoms with E-state index in [2.05, 4.69) is 8.73 Å². The number of rotatable bonds is 3. The smallest absolute Gasteiger partial charge is 0.305 e. The molecule has 0 radical (unpaired) electrons. The topological polar surface area (TPSA) is 130 Å². The molecule has 0 bridgehead atoms. The van der Waals surface area contributed by atoms with Gasteiger partial charge in [0.25, 0.3) is 0 Å². The predicted molar refractivity (Wildman–Crippen MR) is 30.6 cm³/mol. The lowest BCUT2D eigenvalue weighted by Gasteiger charge is -1.98. The van der Waals surface area contributed by atoms with Crippen molar-refractivity contribution in [2.24, 2.45) is 4.76 Å². The van der Waals surface area contributed by atoms with E-state index in [0.29, 0.717) is 6.08 Å². The number of isocyanates is 1. The van der Waals surface area contributed by atoms with Gasteiger partial charge in [0.2, 0.25) is 6.08 Å². The summed E-state index contributed by atoms with van der Waals surface area (Å²) in [4.78, 5) is 17.5. The largest absolute Gasteiger partial charge is 0.478 e. The summed E-state index contributed by atoms with van der Waals surface area (Å²) >= 11 is 0. The van der Waals surface area contributed by atoms with E-state index in [1.54, 1.807) is 0 Å². The minimum absolute atomic E-state index is 0.592. The molecule has 0 aliphatic rings. The molecule has 0 fully saturated rings. The van der Waals surface area contributed by atoms with Gasteiger partial charge in [-0.15, -0.1) is 3.97 Å². The van der Waals surface area contributed by atoms with Gasteiger partial charge in [0.1, 0.15) is 0 Å². The van der Waals surface area contributed by atoms with Crippen LogP contribution in [0.2, 0.25) is 0 Å². The summed E-state index contributed by atoms with van der Waals surface area (Å²) in [6.45, 7) is 0. The third kappa shape index (κ3) is 5.86. The fourth-order valence-corrected chi connectivity index (χ4v) is 1.41. The summed E-state index contributed by atoms with van der Waals surface area (Å²) in [5.41, 5.74) is 0. The van der Waals surface area contributed by atoms with E-state index >= 15 is 0 Å². The molecule has 0 aliphatic carbocycles. The molecular formula is CH2NO7PS. The van der Waals surface area contributed by atoms with Gasteiger partial charge >= 0.3 is 18.1 Å². The summed E-state index contributed by atoms with van der Waals surface area (Å²) in [7, 11) is -10.0. The van der Waals surface area contributed by atoms with E-state index in [-0.39, 0.29) is 0 Å². The normalized spacial score (nSPS) is 16.5. The summed E-state index contributed by atoms with van der Waals surface area (Å²) in [6, 6.07) is 0. The lowest BCUT2D eigenvalue weighted by atomic mass is 11.7. The average Bonchev–Trinajstić information content (AvgIpc) is 1.55. The summed E-state index contributed by atoms with van der Waals surface area (Å²) in [5.74, 6) is 0. The highest BCUT2D eigenvalue weighted by Gasteiger charge is 2.26. The number of hydrogen-bond donors (Lipinski definition) is 2. The van der Waals surface area contributed by atoms with Crippen molar-refractivity contribution in [3.05, 3.63) is 0 Å². The molecule has 10 heteroatoms. The van der Waals surface area contributed by atoms with Gasteiger partial charge in [-0.1, -0.05) is 4.76 Å². The van der Waals surface area contributed by atoms with Crippen LogP contribution in [0.5, 0.6) is 0 Å². The zero-order valence-electron chi connectivity index (χ0n) is 4.74. The van der Waals surface area contributed by atoms with Crippen molar-refractivity contribution in [1.82, 2.24) is 0 Å². The van der Waals surface area contributed by atoms with E-state index in [0.717, 1.165) is 0 Å². The Bertz CT molecular complexity index is 322. The summed E-state index contributed by atoms with van der Waals surface area (Å²) in [6.07, 6.45) is 0.592. The second kappa shape index (κ2) is 3.22. The van der Waals surface area contributed by atoms with Crippen molar-refractivity contribution in [1.29, 1.82) is 0 Å². The maximum atomic E-state index is 10.2. The SMILES string of the molecule is O=C=NP(=O)(O)OS(=O)(=O)O. The molecule has 1 unspecified atom stereocenters. The maximum absolute atomic E-state index is 10.2. The highest BCUT2D eigenvalue weighted by atomic mass is 32.3. The first-order valence-corrected chi connectivity index (χ1v) is 4.77. The van der Waals surface area contributed by atoms with Gasteiger partial charge in [-0.25, -0.2) is 9.36 Å². The molecule has 0 spiro atoms. The van der Waals surface area contributed by atoms with Crippen molar-refractivity contribution in [2.75, 3.05) is 0 Å². The minimum atomic E-state index is -5.09. The maximum Gasteiger partial charge on any atom is 0.478 e. The first-order valence-electron chi connectivity index (χ1n) is 1.88. The molecule has 8 nitrogen and oxygen atoms in total. The molecule has 0 heterocycles. The number of nitrogens with zero attached hydrogens (tertiary/aromatic N) is 1. The standard InChI is InChI=1S/CH2NO7PS/c3-1-2-10(4,5)9-11(6,7)8/h(H,4,5)(H,6,7,8). The molecule has 2 N–H and O–H groups in total. The monoisotopic (exact) mass is 203 g/mol. The third-order valence-corrected chi connectivity index (χ3v) is 2.22. The molecule has 0 aromatic heterocycles. The van der Waals surface area contributed by atoms with Crippen LogP contribution in [0, 0.1) is 0 Å². The summed E-state index contributed by atoms with van der Waals surface area (Å²) in [5, 5.41) is 0. The first-order chi connectivity index (χ1) is 4.77. The van der Waals surface area contributed by atoms with Crippen molar-refractivity contribution < 1.29 is 31.2 Å². The lowest BCUT2D eigenvalue weighted by molar-refractivity contribution is 0.339. The first kappa shape index (κ1) is 10.4. The Morgan fingerprint density at radius 2 is 2.00 bits per heavy atom. The van der Waals surface area contributed by atoms with Crippen LogP contribution in [-0.4, -0.2) is 23.9 Å². The molecule has 11 heavy (non-hydrogen) atoms. The predicted octanol–water partition coefficient (Wildman–Crippen LogP) is -0.758. The van der Waals surface area contributed by atoms with Crippen LogP contribution in [-0.2, 0) is 23.7 Å². The van der Waals surface area contributed by atoms with Crippen LogP contribution in [0.25, 0.3) is 0 Å². The van der Waals surface area contributed by atoms with Gasteiger partial charge in [-0.3, -0.25) is 4.55 Å². The van der Waals surface area contributed by atoms with Gasteiger partial charge in [0.15, 0.2) is 0 Å². The van der Waals surface area contributed by atoms with Crippen molar-refractivity contribution in [3.63, 3.8) is 0 Å². The van der Waals surface area contributed by atoms with Gasteiger partial charge < -0.3 is 4.89 Å². The van der Waals surface area contributed by atoms with E-state index in [1.807, 2.05) is 0 Å². The van der Waals surface area contributed by atoms with Crippen LogP contribution in [0.3, 0.4) is 0 Å². The lowest BCUT2D eigenvalue weighted by Crippen LogP contribution is -1.99. The molecule has 0 aliphatic heterocycles. The van der Waals surface area contributed by atoms with E-state index in [1.165, 1.54) is 0 Å². The van der Waals surface area contributed by atoms with Crippen LogP contribution < -0.4 is 0 Å². The Balaban J connectivity index is 4.65. The fraction of sp³-hybridized carbons (Fsp3) is 0. The van der Waals surface area contributed by atoms with E-state index in [4.69, 9.17) is 9.45 Å². The quantitative estimate of drug-likeness (QED) is 0.266. The van der Waals surface area contributed by atoms with Gasteiger partial charge in [0.05, 0.1) is 0 Å². The zero-order valence-corrected chi connectivity index (χ0v) is 6.45. The van der Waals surface area contributed by atoms with Gasteiger partial charge in [-0.2, -0.15) is 8.42 Å². The molecular weight excluding hydrogens is 201 g/mol. The molecule has 64 valence electrons. The second-order valence-electron chi connectivity index (χ2n) is 1.18. The van der Waals surface area contributed by atoms with Crippen LogP contribution in [0.15, 0.2) is 4.76 Å². The van der Waals surface area contributed by atoms with Gasteiger partial charge in [-0.05, 0) is 0 Å². The average molecular weight is 203 g/mol. The van der Waals surface area contributed by atoms with E-state index < -0.39 is 18.1 Å². The molecule has 0 amide bonds. The molecule has 0 rings (SSSR count). The highest BCUT2D eigenvalue weighted by molar-refractivity contribution is 7.85. The number of hydrogen-bond acceptors (Lipinski definition) is 5. The summed E-state index contributed by atoms with van der Waals surface area (Å²) < 4.78 is 42.6. The highest BCUT2D eigenvalue weighted by Crippen LogP contribution is 2.44. The Labute approximate surface area is 61.1 Å². The van der Waals surface area contributed by atoms with Crippen LogP contribution in [0.1, 0.15) is 0 Å². The molecule has 1 atom stereocenters. The minimum Gasteiger partial charge on any atom is -0.305 e. The fourth-order valence-electron chi connectivity index (χ4n) is 0.191. The molecule has 0 saturated heterocycles. The number of carbonyl (C=O) groups excluding carboxylic acids is 1. The van der Waals surface area contributed by atoms with Crippen LogP contribution >= 0.6 is 7.75 Å². The molecule has 0 saturated carbocycles. The molecule has 0 aromatic carbocycles. The van der Waals surface area contributed by atoms with Gasteiger partial charge in [0, 0.05) is 0 Å². The second-order valence-corrected chi connectivity index (χ2v) is 3.82. The molecule has 0 aromatic rings. The Morgan fingerprint density at radius 1 is 1.55 bits per heavy atom. The van der Waals surface area contributed by atoms with E-state index in [9.17, 15) is 17.8 Å². The third-order valence-electron chi connectivity index (χ3n) is 0.358. The van der Waals surface area contributed by atoms with Crippen molar-refractivity contribution in [3.8, 4) is 0 Å². The Hall–Kier alpha value is -0.560. The van der Waals surface area contributed by atoms with Crippen molar-refractivity contribution in [2.45, 2.75) is 0 Å². The van der Waals surface area contributed by atoms with Crippen LogP contribution in [0.4, 0.5) is 0 Å². The Kier molecular flexibility index (Phi) is 3.06. The zero-order chi connectivity index (χ0) is 9.12. The Morgan fingerprint density at radius 3 is 2.27 bits per heavy atom.